The summed E-state index contributed by atoms with van der Waals surface area (Å²) >= 11 is 0. The van der Waals surface area contributed by atoms with E-state index in [1.165, 1.54) is 0 Å². The van der Waals surface area contributed by atoms with E-state index in [9.17, 15) is 8.42 Å². The van der Waals surface area contributed by atoms with Crippen LogP contribution in [0.2, 0.25) is 0 Å². The summed E-state index contributed by atoms with van der Waals surface area (Å²) in [6.45, 7) is 0. The van der Waals surface area contributed by atoms with Gasteiger partial charge in [0.25, 0.3) is 0 Å². The molecule has 82 valence electrons. The SMILES string of the molecule is CNc1ccc(S(=O)(=O)NC2CC2)cc1. The average Bonchev–Trinajstić information content (AvgIpc) is 3.01. The van der Waals surface area contributed by atoms with Crippen molar-refractivity contribution in [3.63, 3.8) is 0 Å². The quantitative estimate of drug-likeness (QED) is 0.810. The molecule has 0 aliphatic heterocycles. The van der Waals surface area contributed by atoms with E-state index in [1.807, 2.05) is 0 Å². The molecule has 4 nitrogen and oxygen atoms in total. The second kappa shape index (κ2) is 3.83. The van der Waals surface area contributed by atoms with Gasteiger partial charge in [0.1, 0.15) is 0 Å². The molecule has 1 aliphatic carbocycles. The third kappa shape index (κ3) is 2.49. The number of hydrogen-bond acceptors (Lipinski definition) is 3. The highest BCUT2D eigenvalue weighted by Gasteiger charge is 2.27. The van der Waals surface area contributed by atoms with Crippen molar-refractivity contribution in [2.45, 2.75) is 23.8 Å². The molecule has 1 fully saturated rings. The monoisotopic (exact) mass is 226 g/mol. The molecular weight excluding hydrogens is 212 g/mol. The van der Waals surface area contributed by atoms with Gasteiger partial charge in [0.2, 0.25) is 10.0 Å². The number of hydrogen-bond donors (Lipinski definition) is 2. The van der Waals surface area contributed by atoms with E-state index in [2.05, 4.69) is 10.0 Å². The first-order chi connectivity index (χ1) is 7.12. The second-order valence-electron chi connectivity index (χ2n) is 3.67. The summed E-state index contributed by atoms with van der Waals surface area (Å²) in [4.78, 5) is 0.327. The largest absolute Gasteiger partial charge is 0.388 e. The zero-order chi connectivity index (χ0) is 10.9. The van der Waals surface area contributed by atoms with Gasteiger partial charge in [-0.3, -0.25) is 0 Å². The van der Waals surface area contributed by atoms with Gasteiger partial charge < -0.3 is 5.32 Å². The number of anilines is 1. The molecule has 0 saturated heterocycles. The Hall–Kier alpha value is -1.07. The lowest BCUT2D eigenvalue weighted by Crippen LogP contribution is -2.25. The normalized spacial score (nSPS) is 16.3. The minimum absolute atomic E-state index is 0.152. The fourth-order valence-electron chi connectivity index (χ4n) is 1.29. The predicted octanol–water partition coefficient (Wildman–Crippen LogP) is 1.17. The molecule has 1 aliphatic rings. The van der Waals surface area contributed by atoms with Crippen LogP contribution in [0.1, 0.15) is 12.8 Å². The highest BCUT2D eigenvalue weighted by molar-refractivity contribution is 7.89. The van der Waals surface area contributed by atoms with Gasteiger partial charge in [-0.15, -0.1) is 0 Å². The Balaban J connectivity index is 2.19. The van der Waals surface area contributed by atoms with Crippen molar-refractivity contribution < 1.29 is 8.42 Å². The van der Waals surface area contributed by atoms with Crippen LogP contribution in [0.15, 0.2) is 29.2 Å². The summed E-state index contributed by atoms with van der Waals surface area (Å²) in [6, 6.07) is 6.87. The molecule has 0 unspecified atom stereocenters. The van der Waals surface area contributed by atoms with Crippen LogP contribution in [0.4, 0.5) is 5.69 Å². The van der Waals surface area contributed by atoms with Crippen LogP contribution in [0.25, 0.3) is 0 Å². The van der Waals surface area contributed by atoms with E-state index in [1.54, 1.807) is 31.3 Å². The molecule has 0 spiro atoms. The van der Waals surface area contributed by atoms with Crippen molar-refractivity contribution in [1.29, 1.82) is 0 Å². The molecule has 1 aromatic rings. The van der Waals surface area contributed by atoms with Crippen molar-refractivity contribution in [3.05, 3.63) is 24.3 Å². The lowest BCUT2D eigenvalue weighted by atomic mass is 10.3. The van der Waals surface area contributed by atoms with Gasteiger partial charge in [-0.25, -0.2) is 13.1 Å². The van der Waals surface area contributed by atoms with Crippen LogP contribution >= 0.6 is 0 Å². The van der Waals surface area contributed by atoms with Gasteiger partial charge in [0.15, 0.2) is 0 Å². The zero-order valence-electron chi connectivity index (χ0n) is 8.53. The number of sulfonamides is 1. The Labute approximate surface area is 89.7 Å². The van der Waals surface area contributed by atoms with Crippen molar-refractivity contribution >= 4 is 15.7 Å². The lowest BCUT2D eigenvalue weighted by molar-refractivity contribution is 0.581. The van der Waals surface area contributed by atoms with Crippen molar-refractivity contribution in [2.24, 2.45) is 0 Å². The molecule has 0 amide bonds. The summed E-state index contributed by atoms with van der Waals surface area (Å²) in [5.41, 5.74) is 0.903. The summed E-state index contributed by atoms with van der Waals surface area (Å²) in [6.07, 6.45) is 1.90. The number of nitrogens with one attached hydrogen (secondary N) is 2. The predicted molar refractivity (Wildman–Crippen MR) is 59.3 cm³/mol. The van der Waals surface area contributed by atoms with Gasteiger partial charge >= 0.3 is 0 Å². The minimum atomic E-state index is -3.30. The molecule has 2 N–H and O–H groups in total. The fourth-order valence-corrected chi connectivity index (χ4v) is 2.59. The van der Waals surface area contributed by atoms with E-state index >= 15 is 0 Å². The van der Waals surface area contributed by atoms with E-state index in [4.69, 9.17) is 0 Å². The van der Waals surface area contributed by atoms with Gasteiger partial charge in [0, 0.05) is 18.8 Å². The molecule has 2 rings (SSSR count). The summed E-state index contributed by atoms with van der Waals surface area (Å²) < 4.78 is 26.1. The second-order valence-corrected chi connectivity index (χ2v) is 5.38. The summed E-state index contributed by atoms with van der Waals surface area (Å²) in [5.74, 6) is 0. The smallest absolute Gasteiger partial charge is 0.240 e. The van der Waals surface area contributed by atoms with Crippen LogP contribution in [0, 0.1) is 0 Å². The Bertz CT molecular complexity index is 435. The highest BCUT2D eigenvalue weighted by atomic mass is 32.2. The lowest BCUT2D eigenvalue weighted by Gasteiger charge is -2.06. The van der Waals surface area contributed by atoms with Crippen molar-refractivity contribution in [3.8, 4) is 0 Å². The zero-order valence-corrected chi connectivity index (χ0v) is 9.34. The molecule has 0 heterocycles. The number of rotatable bonds is 4. The molecule has 0 radical (unpaired) electrons. The number of benzene rings is 1. The van der Waals surface area contributed by atoms with Crippen molar-refractivity contribution in [1.82, 2.24) is 4.72 Å². The van der Waals surface area contributed by atoms with E-state index in [0.717, 1.165) is 18.5 Å². The van der Waals surface area contributed by atoms with E-state index < -0.39 is 10.0 Å². The summed E-state index contributed by atoms with van der Waals surface area (Å²) in [7, 11) is -1.50. The van der Waals surface area contributed by atoms with Crippen LogP contribution in [0.3, 0.4) is 0 Å². The van der Waals surface area contributed by atoms with Gasteiger partial charge in [-0.1, -0.05) is 0 Å². The maximum atomic E-state index is 11.8. The first kappa shape index (κ1) is 10.4. The molecule has 5 heteroatoms. The van der Waals surface area contributed by atoms with E-state index in [0.29, 0.717) is 4.90 Å². The third-order valence-corrected chi connectivity index (χ3v) is 3.89. The Kier molecular flexibility index (Phi) is 2.67. The first-order valence-electron chi connectivity index (χ1n) is 4.92. The Morgan fingerprint density at radius 2 is 1.80 bits per heavy atom. The maximum absolute atomic E-state index is 11.8. The first-order valence-corrected chi connectivity index (χ1v) is 6.40. The van der Waals surface area contributed by atoms with Crippen LogP contribution in [-0.4, -0.2) is 21.5 Å². The molecule has 0 atom stereocenters. The molecule has 0 bridgehead atoms. The molecular formula is C10H14N2O2S. The van der Waals surface area contributed by atoms with Crippen LogP contribution < -0.4 is 10.0 Å². The van der Waals surface area contributed by atoms with Gasteiger partial charge in [-0.2, -0.15) is 0 Å². The molecule has 1 aromatic carbocycles. The molecule has 1 saturated carbocycles. The van der Waals surface area contributed by atoms with Crippen LogP contribution in [0.5, 0.6) is 0 Å². The van der Waals surface area contributed by atoms with Crippen LogP contribution in [-0.2, 0) is 10.0 Å². The third-order valence-electron chi connectivity index (χ3n) is 2.35. The minimum Gasteiger partial charge on any atom is -0.388 e. The van der Waals surface area contributed by atoms with Crippen molar-refractivity contribution in [2.75, 3.05) is 12.4 Å². The fraction of sp³-hybridized carbons (Fsp3) is 0.400. The summed E-state index contributed by atoms with van der Waals surface area (Å²) in [5, 5.41) is 2.94. The molecule has 0 aromatic heterocycles. The van der Waals surface area contributed by atoms with Gasteiger partial charge in [0.05, 0.1) is 4.90 Å². The highest BCUT2D eigenvalue weighted by Crippen LogP contribution is 2.22. The average molecular weight is 226 g/mol. The van der Waals surface area contributed by atoms with E-state index in [-0.39, 0.29) is 6.04 Å². The molecule has 15 heavy (non-hydrogen) atoms. The Morgan fingerprint density at radius 1 is 1.20 bits per heavy atom. The Morgan fingerprint density at radius 3 is 2.27 bits per heavy atom. The maximum Gasteiger partial charge on any atom is 0.240 e. The van der Waals surface area contributed by atoms with Gasteiger partial charge in [-0.05, 0) is 37.1 Å². The standard InChI is InChI=1S/C10H14N2O2S/c1-11-8-4-6-10(7-5-8)15(13,14)12-9-2-3-9/h4-7,9,11-12H,2-3H2,1H3. The topological polar surface area (TPSA) is 58.2 Å².